The monoisotopic (exact) mass is 408 g/mol. The lowest BCUT2D eigenvalue weighted by atomic mass is 9.80. The van der Waals surface area contributed by atoms with Crippen LogP contribution in [0.2, 0.25) is 0 Å². The third-order valence-electron chi connectivity index (χ3n) is 5.93. The summed E-state index contributed by atoms with van der Waals surface area (Å²) in [6.07, 6.45) is 4.49. The maximum Gasteiger partial charge on any atom is 0.258 e. The summed E-state index contributed by atoms with van der Waals surface area (Å²) in [6.45, 7) is 2.39. The van der Waals surface area contributed by atoms with Gasteiger partial charge in [-0.1, -0.05) is 6.07 Å². The van der Waals surface area contributed by atoms with Gasteiger partial charge in [-0.3, -0.25) is 19.6 Å². The van der Waals surface area contributed by atoms with Gasteiger partial charge in [0.1, 0.15) is 11.7 Å². The topological polar surface area (TPSA) is 133 Å². The number of piperidine rings is 1. The quantitative estimate of drug-likeness (QED) is 0.743. The van der Waals surface area contributed by atoms with E-state index in [2.05, 4.69) is 20.3 Å². The predicted octanol–water partition coefficient (Wildman–Crippen LogP) is 0.732. The standard InChI is InChI=1S/C20H20N6O4/c21-10-13-14(12-2-1-5-22-11-12)15-16(23-17(13)27)24-19(25-18(15)28)26-6-3-20(4-7-26)29-8-9-30-20/h1-2,5,11,13-14H,3-4,6-9H2,(H2,23,24,25,27,28). The van der Waals surface area contributed by atoms with Crippen LogP contribution in [-0.2, 0) is 14.3 Å². The van der Waals surface area contributed by atoms with E-state index in [9.17, 15) is 14.9 Å². The molecule has 0 radical (unpaired) electrons. The molecule has 2 unspecified atom stereocenters. The fraction of sp³-hybridized carbons (Fsp3) is 0.450. The van der Waals surface area contributed by atoms with Gasteiger partial charge in [0.2, 0.25) is 11.9 Å². The van der Waals surface area contributed by atoms with E-state index in [1.165, 1.54) is 0 Å². The Morgan fingerprint density at radius 1 is 1.23 bits per heavy atom. The number of fused-ring (bicyclic) bond motifs is 1. The summed E-state index contributed by atoms with van der Waals surface area (Å²) in [4.78, 5) is 39.1. The van der Waals surface area contributed by atoms with E-state index in [0.717, 1.165) is 0 Å². The van der Waals surface area contributed by atoms with Gasteiger partial charge in [-0.2, -0.15) is 10.2 Å². The first-order chi connectivity index (χ1) is 14.6. The largest absolute Gasteiger partial charge is 0.347 e. The van der Waals surface area contributed by atoms with Crippen molar-refractivity contribution in [1.82, 2.24) is 15.0 Å². The van der Waals surface area contributed by atoms with Crippen molar-refractivity contribution < 1.29 is 14.3 Å². The van der Waals surface area contributed by atoms with E-state index < -0.39 is 23.5 Å². The lowest BCUT2D eigenvalue weighted by Crippen LogP contribution is -2.46. The van der Waals surface area contributed by atoms with Crippen molar-refractivity contribution in [3.05, 3.63) is 46.0 Å². The highest BCUT2D eigenvalue weighted by Crippen LogP contribution is 2.38. The van der Waals surface area contributed by atoms with Crippen molar-refractivity contribution in [3.8, 4) is 6.07 Å². The zero-order valence-corrected chi connectivity index (χ0v) is 16.1. The molecular weight excluding hydrogens is 388 g/mol. The predicted molar refractivity (Wildman–Crippen MR) is 105 cm³/mol. The summed E-state index contributed by atoms with van der Waals surface area (Å²) in [5.41, 5.74) is 0.516. The van der Waals surface area contributed by atoms with Crippen LogP contribution < -0.4 is 15.8 Å². The van der Waals surface area contributed by atoms with Crippen molar-refractivity contribution >= 4 is 17.7 Å². The smallest absolute Gasteiger partial charge is 0.258 e. The van der Waals surface area contributed by atoms with Gasteiger partial charge in [0.25, 0.3) is 5.56 Å². The number of nitrogens with one attached hydrogen (secondary N) is 2. The number of rotatable bonds is 2. The number of carbonyl (C=O) groups is 1. The molecule has 0 bridgehead atoms. The lowest BCUT2D eigenvalue weighted by Gasteiger charge is -2.38. The van der Waals surface area contributed by atoms with E-state index >= 15 is 0 Å². The highest BCUT2D eigenvalue weighted by Gasteiger charge is 2.42. The Hall–Kier alpha value is -3.29. The average molecular weight is 408 g/mol. The van der Waals surface area contributed by atoms with Crippen LogP contribution in [0.3, 0.4) is 0 Å². The van der Waals surface area contributed by atoms with Gasteiger partial charge >= 0.3 is 0 Å². The number of aromatic nitrogens is 3. The van der Waals surface area contributed by atoms with Crippen molar-refractivity contribution in [1.29, 1.82) is 5.26 Å². The van der Waals surface area contributed by atoms with Crippen LogP contribution in [0.4, 0.5) is 11.8 Å². The number of nitrogens with zero attached hydrogens (tertiary/aromatic N) is 4. The van der Waals surface area contributed by atoms with Crippen LogP contribution in [0.5, 0.6) is 0 Å². The molecule has 5 rings (SSSR count). The van der Waals surface area contributed by atoms with Crippen molar-refractivity contribution in [2.75, 3.05) is 36.5 Å². The number of hydrogen-bond donors (Lipinski definition) is 2. The number of pyridine rings is 1. The fourth-order valence-corrected chi connectivity index (χ4v) is 4.41. The second kappa shape index (κ2) is 7.19. The molecule has 154 valence electrons. The van der Waals surface area contributed by atoms with Crippen LogP contribution in [0.15, 0.2) is 29.3 Å². The number of amides is 1. The van der Waals surface area contributed by atoms with Gasteiger partial charge in [-0.25, -0.2) is 0 Å². The van der Waals surface area contributed by atoms with E-state index in [1.54, 1.807) is 24.5 Å². The minimum atomic E-state index is -1.04. The molecule has 3 aliphatic rings. The Labute approximate surface area is 171 Å². The van der Waals surface area contributed by atoms with Gasteiger partial charge in [0, 0.05) is 44.2 Å². The van der Waals surface area contributed by atoms with Crippen LogP contribution in [0, 0.1) is 17.2 Å². The molecule has 5 heterocycles. The summed E-state index contributed by atoms with van der Waals surface area (Å²) in [5, 5.41) is 12.2. The van der Waals surface area contributed by atoms with Gasteiger partial charge in [-0.15, -0.1) is 0 Å². The van der Waals surface area contributed by atoms with Gasteiger partial charge in [-0.05, 0) is 11.6 Å². The molecular formula is C20H20N6O4. The van der Waals surface area contributed by atoms with E-state index in [-0.39, 0.29) is 16.9 Å². The van der Waals surface area contributed by atoms with Crippen molar-refractivity contribution in [2.45, 2.75) is 24.5 Å². The second-order valence-electron chi connectivity index (χ2n) is 7.61. The van der Waals surface area contributed by atoms with Gasteiger partial charge in [0.05, 0.1) is 24.8 Å². The Morgan fingerprint density at radius 3 is 2.67 bits per heavy atom. The van der Waals surface area contributed by atoms with E-state index in [4.69, 9.17) is 9.47 Å². The van der Waals surface area contributed by atoms with Crippen molar-refractivity contribution in [2.24, 2.45) is 5.92 Å². The summed E-state index contributed by atoms with van der Waals surface area (Å²) in [7, 11) is 0. The number of anilines is 2. The lowest BCUT2D eigenvalue weighted by molar-refractivity contribution is -0.169. The van der Waals surface area contributed by atoms with Gasteiger partial charge < -0.3 is 19.7 Å². The van der Waals surface area contributed by atoms with Gasteiger partial charge in [0.15, 0.2) is 5.79 Å². The number of aromatic amines is 1. The molecule has 2 fully saturated rings. The molecule has 10 nitrogen and oxygen atoms in total. The molecule has 1 spiro atoms. The summed E-state index contributed by atoms with van der Waals surface area (Å²) < 4.78 is 11.5. The molecule has 2 atom stereocenters. The number of H-pyrrole nitrogens is 1. The Morgan fingerprint density at radius 2 is 2.00 bits per heavy atom. The molecule has 2 aromatic rings. The normalized spacial score (nSPS) is 24.9. The third-order valence-corrected chi connectivity index (χ3v) is 5.93. The molecule has 2 saturated heterocycles. The molecule has 30 heavy (non-hydrogen) atoms. The van der Waals surface area contributed by atoms with Crippen LogP contribution >= 0.6 is 0 Å². The molecule has 0 aliphatic carbocycles. The molecule has 10 heteroatoms. The highest BCUT2D eigenvalue weighted by atomic mass is 16.7. The van der Waals surface area contributed by atoms with Crippen molar-refractivity contribution in [3.63, 3.8) is 0 Å². The average Bonchev–Trinajstić information content (AvgIpc) is 3.21. The molecule has 2 aromatic heterocycles. The molecule has 0 saturated carbocycles. The Bertz CT molecular complexity index is 1060. The molecule has 3 aliphatic heterocycles. The number of nitriles is 1. The maximum absolute atomic E-state index is 13.1. The zero-order valence-electron chi connectivity index (χ0n) is 16.1. The Balaban J connectivity index is 1.50. The zero-order chi connectivity index (χ0) is 20.7. The second-order valence-corrected chi connectivity index (χ2v) is 7.61. The van der Waals surface area contributed by atoms with Crippen LogP contribution in [0.25, 0.3) is 0 Å². The maximum atomic E-state index is 13.1. The minimum absolute atomic E-state index is 0.188. The Kier molecular flexibility index (Phi) is 4.49. The van der Waals surface area contributed by atoms with Crippen LogP contribution in [-0.4, -0.2) is 52.9 Å². The highest BCUT2D eigenvalue weighted by molar-refractivity contribution is 5.97. The van der Waals surface area contributed by atoms with E-state index in [1.807, 2.05) is 11.0 Å². The summed E-state index contributed by atoms with van der Waals surface area (Å²) in [6, 6.07) is 5.48. The summed E-state index contributed by atoms with van der Waals surface area (Å²) >= 11 is 0. The first-order valence-corrected chi connectivity index (χ1v) is 9.88. The minimum Gasteiger partial charge on any atom is -0.347 e. The first kappa shape index (κ1) is 18.7. The van der Waals surface area contributed by atoms with E-state index in [0.29, 0.717) is 50.7 Å². The summed E-state index contributed by atoms with van der Waals surface area (Å²) in [5.74, 6) is -2.22. The molecule has 0 aromatic carbocycles. The SMILES string of the molecule is N#CC1C(=O)Nc2nc(N3CCC4(CC3)OCCO4)[nH]c(=O)c2C1c1cccnc1. The number of hydrogen-bond acceptors (Lipinski definition) is 8. The molecule has 1 amide bonds. The number of carbonyl (C=O) groups excluding carboxylic acids is 1. The third kappa shape index (κ3) is 3.03. The first-order valence-electron chi connectivity index (χ1n) is 9.88. The number of ether oxygens (including phenoxy) is 2. The molecule has 2 N–H and O–H groups in total. The van der Waals surface area contributed by atoms with Crippen LogP contribution in [0.1, 0.15) is 29.9 Å². The fourth-order valence-electron chi connectivity index (χ4n) is 4.41.